The first-order chi connectivity index (χ1) is 11.1. The van der Waals surface area contributed by atoms with Gasteiger partial charge >= 0.3 is 5.97 Å². The molecule has 1 aromatic carbocycles. The van der Waals surface area contributed by atoms with E-state index in [2.05, 4.69) is 58.5 Å². The molecule has 0 heterocycles. The Hall–Kier alpha value is -1.31. The molecule has 0 radical (unpaired) electrons. The van der Waals surface area contributed by atoms with Crippen LogP contribution < -0.4 is 10.6 Å². The Morgan fingerprint density at radius 1 is 1.17 bits per heavy atom. The first kappa shape index (κ1) is 22.7. The summed E-state index contributed by atoms with van der Waals surface area (Å²) in [7, 11) is 3.11. The van der Waals surface area contributed by atoms with Crippen LogP contribution in [-0.4, -0.2) is 39.2 Å². The van der Waals surface area contributed by atoms with Gasteiger partial charge in [-0.2, -0.15) is 0 Å². The minimum Gasteiger partial charge on any atom is -0.469 e. The van der Waals surface area contributed by atoms with Crippen LogP contribution in [0.3, 0.4) is 0 Å². The lowest BCUT2D eigenvalue weighted by atomic mass is 10.0. The molecule has 0 aromatic heterocycles. The summed E-state index contributed by atoms with van der Waals surface area (Å²) in [6, 6.07) is 8.83. The van der Waals surface area contributed by atoms with Crippen molar-refractivity contribution in [2.24, 2.45) is 4.99 Å². The Balaban J connectivity index is 0.00000529. The Bertz CT molecular complexity index is 501. The van der Waals surface area contributed by atoms with Crippen LogP contribution in [0.4, 0.5) is 0 Å². The molecular weight excluding hydrogens is 417 g/mol. The van der Waals surface area contributed by atoms with Gasteiger partial charge in [0.2, 0.25) is 0 Å². The number of aliphatic imine (C=N–C) groups is 1. The van der Waals surface area contributed by atoms with Crippen molar-refractivity contribution in [3.05, 3.63) is 35.4 Å². The van der Waals surface area contributed by atoms with Crippen molar-refractivity contribution in [1.29, 1.82) is 0 Å². The minimum absolute atomic E-state index is 0. The van der Waals surface area contributed by atoms with E-state index < -0.39 is 0 Å². The zero-order valence-electron chi connectivity index (χ0n) is 15.1. The van der Waals surface area contributed by atoms with Crippen molar-refractivity contribution < 1.29 is 9.53 Å². The first-order valence-electron chi connectivity index (χ1n) is 8.17. The number of hydrogen-bond donors (Lipinski definition) is 2. The molecule has 0 saturated heterocycles. The van der Waals surface area contributed by atoms with Crippen LogP contribution in [0, 0.1) is 0 Å². The quantitative estimate of drug-likeness (QED) is 0.211. The second-order valence-corrected chi connectivity index (χ2v) is 5.75. The third-order valence-corrected chi connectivity index (χ3v) is 3.65. The molecule has 0 bridgehead atoms. The van der Waals surface area contributed by atoms with E-state index in [4.69, 9.17) is 0 Å². The van der Waals surface area contributed by atoms with Crippen LogP contribution in [0.15, 0.2) is 29.3 Å². The predicted octanol–water partition coefficient (Wildman–Crippen LogP) is 3.09. The van der Waals surface area contributed by atoms with Gasteiger partial charge in [-0.1, -0.05) is 38.1 Å². The molecule has 136 valence electrons. The van der Waals surface area contributed by atoms with Crippen molar-refractivity contribution in [3.8, 4) is 0 Å². The van der Waals surface area contributed by atoms with Crippen LogP contribution in [0.2, 0.25) is 0 Å². The fraction of sp³-hybridized carbons (Fsp3) is 0.556. The largest absolute Gasteiger partial charge is 0.469 e. The van der Waals surface area contributed by atoms with Crippen LogP contribution in [0.5, 0.6) is 0 Å². The van der Waals surface area contributed by atoms with E-state index >= 15 is 0 Å². The number of carbonyl (C=O) groups excluding carboxylic acids is 1. The van der Waals surface area contributed by atoms with E-state index in [1.165, 1.54) is 18.2 Å². The van der Waals surface area contributed by atoms with Crippen molar-refractivity contribution >= 4 is 35.9 Å². The van der Waals surface area contributed by atoms with E-state index in [-0.39, 0.29) is 29.9 Å². The summed E-state index contributed by atoms with van der Waals surface area (Å²) in [5.74, 6) is 1.06. The number of halogens is 1. The molecule has 0 aliphatic heterocycles. The molecule has 1 rings (SSSR count). The maximum Gasteiger partial charge on any atom is 0.307 e. The monoisotopic (exact) mass is 447 g/mol. The summed E-state index contributed by atoms with van der Waals surface area (Å²) in [6.07, 6.45) is 2.39. The number of hydrogen-bond acceptors (Lipinski definition) is 3. The van der Waals surface area contributed by atoms with Gasteiger partial charge in [0.1, 0.15) is 0 Å². The van der Waals surface area contributed by atoms with Crippen LogP contribution in [0.25, 0.3) is 0 Å². The van der Waals surface area contributed by atoms with Crippen LogP contribution in [0.1, 0.15) is 43.7 Å². The molecule has 6 heteroatoms. The van der Waals surface area contributed by atoms with Gasteiger partial charge < -0.3 is 15.4 Å². The zero-order chi connectivity index (χ0) is 17.1. The summed E-state index contributed by atoms with van der Waals surface area (Å²) in [5, 5.41) is 6.34. The Labute approximate surface area is 162 Å². The number of guanidine groups is 1. The van der Waals surface area contributed by atoms with Crippen LogP contribution in [-0.2, 0) is 16.0 Å². The first-order valence-corrected chi connectivity index (χ1v) is 8.17. The molecule has 0 amide bonds. The molecule has 0 aliphatic carbocycles. The van der Waals surface area contributed by atoms with Gasteiger partial charge in [0.25, 0.3) is 0 Å². The normalized spacial score (nSPS) is 11.0. The van der Waals surface area contributed by atoms with Gasteiger partial charge in [0.05, 0.1) is 13.5 Å². The van der Waals surface area contributed by atoms with E-state index in [1.807, 2.05) is 0 Å². The summed E-state index contributed by atoms with van der Waals surface area (Å²) in [4.78, 5) is 15.2. The Morgan fingerprint density at radius 3 is 2.33 bits per heavy atom. The van der Waals surface area contributed by atoms with Gasteiger partial charge in [-0.15, -0.1) is 24.0 Å². The molecule has 5 nitrogen and oxygen atoms in total. The highest BCUT2D eigenvalue weighted by molar-refractivity contribution is 14.0. The second-order valence-electron chi connectivity index (χ2n) is 5.75. The molecule has 0 spiro atoms. The summed E-state index contributed by atoms with van der Waals surface area (Å²) in [6.45, 7) is 5.77. The summed E-state index contributed by atoms with van der Waals surface area (Å²) >= 11 is 0. The average molecular weight is 447 g/mol. The van der Waals surface area contributed by atoms with E-state index in [9.17, 15) is 4.79 Å². The van der Waals surface area contributed by atoms with E-state index in [0.29, 0.717) is 24.8 Å². The lowest BCUT2D eigenvalue weighted by Gasteiger charge is -2.11. The van der Waals surface area contributed by atoms with Gasteiger partial charge in [-0.3, -0.25) is 9.79 Å². The number of benzene rings is 1. The number of aryl methyl sites for hydroxylation is 1. The molecule has 2 N–H and O–H groups in total. The minimum atomic E-state index is -0.224. The molecule has 0 saturated carbocycles. The van der Waals surface area contributed by atoms with Gasteiger partial charge in [0, 0.05) is 20.1 Å². The predicted molar refractivity (Wildman–Crippen MR) is 110 cm³/mol. The van der Waals surface area contributed by atoms with Gasteiger partial charge in [-0.05, 0) is 29.9 Å². The van der Waals surface area contributed by atoms with Crippen molar-refractivity contribution in [1.82, 2.24) is 10.6 Å². The van der Waals surface area contributed by atoms with Crippen molar-refractivity contribution in [3.63, 3.8) is 0 Å². The number of rotatable bonds is 8. The summed E-state index contributed by atoms with van der Waals surface area (Å²) in [5.41, 5.74) is 2.73. The van der Waals surface area contributed by atoms with E-state index in [0.717, 1.165) is 19.4 Å². The highest BCUT2D eigenvalue weighted by Gasteiger charge is 2.02. The number of carbonyl (C=O) groups is 1. The van der Waals surface area contributed by atoms with Gasteiger partial charge in [0.15, 0.2) is 5.96 Å². The highest BCUT2D eigenvalue weighted by atomic mass is 127. The number of esters is 1. The Morgan fingerprint density at radius 2 is 1.79 bits per heavy atom. The lowest BCUT2D eigenvalue weighted by Crippen LogP contribution is -2.38. The molecular formula is C18H30IN3O2. The maximum atomic E-state index is 11.0. The standard InChI is InChI=1S/C18H29N3O2.HI/c1-14(2)16-9-7-15(8-10-16)6-5-12-20-18(19-3)21-13-11-17(22)23-4;/h7-10,14H,5-6,11-13H2,1-4H3,(H2,19,20,21);1H. The third kappa shape index (κ3) is 9.10. The number of methoxy groups -OCH3 is 1. The fourth-order valence-corrected chi connectivity index (χ4v) is 2.17. The van der Waals surface area contributed by atoms with Crippen LogP contribution >= 0.6 is 24.0 Å². The second kappa shape index (κ2) is 13.0. The molecule has 0 unspecified atom stereocenters. The summed E-state index contributed by atoms with van der Waals surface area (Å²) < 4.78 is 4.60. The highest BCUT2D eigenvalue weighted by Crippen LogP contribution is 2.15. The smallest absolute Gasteiger partial charge is 0.307 e. The molecule has 24 heavy (non-hydrogen) atoms. The van der Waals surface area contributed by atoms with Crippen molar-refractivity contribution in [2.45, 2.75) is 39.0 Å². The fourth-order valence-electron chi connectivity index (χ4n) is 2.17. The number of ether oxygens (including phenoxy) is 1. The van der Waals surface area contributed by atoms with Crippen molar-refractivity contribution in [2.75, 3.05) is 27.2 Å². The molecule has 0 aliphatic rings. The molecule has 0 atom stereocenters. The Kier molecular flexibility index (Phi) is 12.3. The average Bonchev–Trinajstić information content (AvgIpc) is 2.57. The number of nitrogens with one attached hydrogen (secondary N) is 2. The van der Waals surface area contributed by atoms with Gasteiger partial charge in [-0.25, -0.2) is 0 Å². The lowest BCUT2D eigenvalue weighted by molar-refractivity contribution is -0.140. The third-order valence-electron chi connectivity index (χ3n) is 3.65. The molecule has 1 aromatic rings. The van der Waals surface area contributed by atoms with E-state index in [1.54, 1.807) is 7.05 Å². The zero-order valence-corrected chi connectivity index (χ0v) is 17.4. The molecule has 0 fully saturated rings. The number of nitrogens with zero attached hydrogens (tertiary/aromatic N) is 1. The maximum absolute atomic E-state index is 11.0. The topological polar surface area (TPSA) is 62.7 Å². The SMILES string of the molecule is CN=C(NCCCc1ccc(C(C)C)cc1)NCCC(=O)OC.I.